The maximum atomic E-state index is 11.9. The van der Waals surface area contributed by atoms with Crippen LogP contribution in [-0.2, 0) is 27.4 Å². The molecule has 0 fully saturated rings. The minimum atomic E-state index is -0.663. The lowest BCUT2D eigenvalue weighted by Gasteiger charge is -2.04. The van der Waals surface area contributed by atoms with Crippen molar-refractivity contribution in [1.82, 2.24) is 15.1 Å². The number of aryl methyl sites for hydroxylation is 1. The Morgan fingerprint density at radius 3 is 2.70 bits per heavy atom. The van der Waals surface area contributed by atoms with E-state index in [0.29, 0.717) is 33.7 Å². The second-order valence-corrected chi connectivity index (χ2v) is 7.17. The highest BCUT2D eigenvalue weighted by Crippen LogP contribution is 2.22. The van der Waals surface area contributed by atoms with Gasteiger partial charge < -0.3 is 14.5 Å². The maximum absolute atomic E-state index is 11.9. The molecule has 0 bridgehead atoms. The van der Waals surface area contributed by atoms with Crippen LogP contribution in [0.4, 0.5) is 0 Å². The van der Waals surface area contributed by atoms with Crippen molar-refractivity contribution in [3.05, 3.63) is 81.5 Å². The van der Waals surface area contributed by atoms with Gasteiger partial charge in [-0.3, -0.25) is 4.79 Å². The molecule has 1 aromatic carbocycles. The van der Waals surface area contributed by atoms with Gasteiger partial charge in [-0.1, -0.05) is 35.3 Å². The Morgan fingerprint density at radius 2 is 2.00 bits per heavy atom. The lowest BCUT2D eigenvalue weighted by Crippen LogP contribution is -2.27. The van der Waals surface area contributed by atoms with Crippen molar-refractivity contribution in [1.29, 1.82) is 0 Å². The van der Waals surface area contributed by atoms with Gasteiger partial charge in [0.2, 0.25) is 0 Å². The van der Waals surface area contributed by atoms with Gasteiger partial charge in [0.15, 0.2) is 6.61 Å². The van der Waals surface area contributed by atoms with E-state index < -0.39 is 18.5 Å². The number of esters is 1. The first kappa shape index (κ1) is 21.7. The molecule has 1 N–H and O–H groups in total. The van der Waals surface area contributed by atoms with Gasteiger partial charge in [-0.25, -0.2) is 9.48 Å². The number of nitrogens with zero attached hydrogens (tertiary/aromatic N) is 2. The first-order chi connectivity index (χ1) is 14.4. The summed E-state index contributed by atoms with van der Waals surface area (Å²) in [5, 5.41) is 8.03. The van der Waals surface area contributed by atoms with Crippen molar-refractivity contribution in [2.75, 3.05) is 6.61 Å². The third kappa shape index (κ3) is 5.98. The highest BCUT2D eigenvalue weighted by Gasteiger charge is 2.12. The standard InChI is InChI=1S/C21H19Cl2N3O4/c1-14-18(21(23)26(25-14)12-15-4-6-16(22)7-5-15)8-9-20(28)30-13-19(27)24-11-17-3-2-10-29-17/h2-10H,11-13H2,1H3,(H,24,27)/b9-8+. The van der Waals surface area contributed by atoms with E-state index in [1.165, 1.54) is 18.4 Å². The molecule has 0 aliphatic carbocycles. The average molecular weight is 448 g/mol. The summed E-state index contributed by atoms with van der Waals surface area (Å²) >= 11 is 12.3. The van der Waals surface area contributed by atoms with E-state index in [9.17, 15) is 9.59 Å². The van der Waals surface area contributed by atoms with Crippen molar-refractivity contribution in [3.8, 4) is 0 Å². The predicted octanol–water partition coefficient (Wildman–Crippen LogP) is 4.01. The number of furan rings is 1. The number of benzene rings is 1. The molecule has 0 atom stereocenters. The second kappa shape index (κ2) is 10.1. The van der Waals surface area contributed by atoms with Gasteiger partial charge in [0.05, 0.1) is 25.0 Å². The van der Waals surface area contributed by atoms with E-state index in [2.05, 4.69) is 10.4 Å². The van der Waals surface area contributed by atoms with Crippen molar-refractivity contribution in [3.63, 3.8) is 0 Å². The van der Waals surface area contributed by atoms with Crippen LogP contribution in [0.2, 0.25) is 10.2 Å². The van der Waals surface area contributed by atoms with Gasteiger partial charge in [0, 0.05) is 16.7 Å². The monoisotopic (exact) mass is 447 g/mol. The first-order valence-corrected chi connectivity index (χ1v) is 9.79. The molecule has 9 heteroatoms. The number of amides is 1. The molecule has 0 aliphatic rings. The number of halogens is 2. The Morgan fingerprint density at radius 1 is 1.23 bits per heavy atom. The molecule has 2 aromatic heterocycles. The number of rotatable bonds is 8. The van der Waals surface area contributed by atoms with Crippen LogP contribution in [0, 0.1) is 6.92 Å². The molecule has 0 saturated heterocycles. The number of ether oxygens (including phenoxy) is 1. The number of hydrogen-bond donors (Lipinski definition) is 1. The minimum Gasteiger partial charge on any atom is -0.467 e. The van der Waals surface area contributed by atoms with Crippen molar-refractivity contribution in [2.24, 2.45) is 0 Å². The summed E-state index contributed by atoms with van der Waals surface area (Å²) in [7, 11) is 0. The summed E-state index contributed by atoms with van der Waals surface area (Å²) in [5.41, 5.74) is 2.25. The first-order valence-electron chi connectivity index (χ1n) is 9.03. The summed E-state index contributed by atoms with van der Waals surface area (Å²) < 4.78 is 11.7. The molecular weight excluding hydrogens is 429 g/mol. The Labute approximate surface area is 183 Å². The van der Waals surface area contributed by atoms with Crippen LogP contribution in [0.25, 0.3) is 6.08 Å². The highest BCUT2D eigenvalue weighted by atomic mass is 35.5. The Kier molecular flexibility index (Phi) is 7.32. The molecule has 7 nitrogen and oxygen atoms in total. The Bertz CT molecular complexity index is 1040. The fourth-order valence-electron chi connectivity index (χ4n) is 2.61. The van der Waals surface area contributed by atoms with Gasteiger partial charge in [0.1, 0.15) is 10.9 Å². The van der Waals surface area contributed by atoms with E-state index in [0.717, 1.165) is 5.56 Å². The fraction of sp³-hybridized carbons (Fsp3) is 0.190. The van der Waals surface area contributed by atoms with Crippen LogP contribution in [-0.4, -0.2) is 28.3 Å². The van der Waals surface area contributed by atoms with E-state index in [1.807, 2.05) is 12.1 Å². The molecule has 2 heterocycles. The van der Waals surface area contributed by atoms with Crippen molar-refractivity contribution >= 4 is 41.2 Å². The molecular formula is C21H19Cl2N3O4. The summed E-state index contributed by atoms with van der Waals surface area (Å²) in [6.45, 7) is 2.08. The summed E-state index contributed by atoms with van der Waals surface area (Å²) in [6, 6.07) is 10.8. The average Bonchev–Trinajstić information content (AvgIpc) is 3.33. The molecule has 1 amide bonds. The van der Waals surface area contributed by atoms with Gasteiger partial charge in [-0.15, -0.1) is 0 Å². The third-order valence-electron chi connectivity index (χ3n) is 4.13. The summed E-state index contributed by atoms with van der Waals surface area (Å²) in [6.07, 6.45) is 4.24. The van der Waals surface area contributed by atoms with Crippen molar-refractivity contribution in [2.45, 2.75) is 20.0 Å². The SMILES string of the molecule is Cc1nn(Cc2ccc(Cl)cc2)c(Cl)c1/C=C/C(=O)OCC(=O)NCc1ccco1. The van der Waals surface area contributed by atoms with Crippen LogP contribution in [0.3, 0.4) is 0 Å². The molecule has 0 unspecified atom stereocenters. The molecule has 3 rings (SSSR count). The smallest absolute Gasteiger partial charge is 0.331 e. The maximum Gasteiger partial charge on any atom is 0.331 e. The molecule has 0 radical (unpaired) electrons. The largest absolute Gasteiger partial charge is 0.467 e. The van der Waals surface area contributed by atoms with E-state index in [1.54, 1.807) is 35.9 Å². The quantitative estimate of drug-likeness (QED) is 0.416. The topological polar surface area (TPSA) is 86.4 Å². The highest BCUT2D eigenvalue weighted by molar-refractivity contribution is 6.31. The molecule has 0 aliphatic heterocycles. The zero-order valence-corrected chi connectivity index (χ0v) is 17.6. The molecule has 156 valence electrons. The van der Waals surface area contributed by atoms with Gasteiger partial charge in [-0.05, 0) is 42.8 Å². The zero-order valence-electron chi connectivity index (χ0n) is 16.1. The van der Waals surface area contributed by atoms with Gasteiger partial charge >= 0.3 is 5.97 Å². The lowest BCUT2D eigenvalue weighted by molar-refractivity contribution is -0.143. The number of aromatic nitrogens is 2. The van der Waals surface area contributed by atoms with E-state index in [4.69, 9.17) is 32.4 Å². The fourth-order valence-corrected chi connectivity index (χ4v) is 3.03. The van der Waals surface area contributed by atoms with Crippen LogP contribution >= 0.6 is 23.2 Å². The van der Waals surface area contributed by atoms with Crippen LogP contribution in [0.5, 0.6) is 0 Å². The second-order valence-electron chi connectivity index (χ2n) is 6.37. The number of carbonyl (C=O) groups excluding carboxylic acids is 2. The minimum absolute atomic E-state index is 0.223. The summed E-state index contributed by atoms with van der Waals surface area (Å²) in [4.78, 5) is 23.6. The Hall–Kier alpha value is -3.03. The summed E-state index contributed by atoms with van der Waals surface area (Å²) in [5.74, 6) is -0.488. The molecule has 3 aromatic rings. The Balaban J connectivity index is 1.53. The number of hydrogen-bond acceptors (Lipinski definition) is 5. The van der Waals surface area contributed by atoms with Gasteiger partial charge in [0.25, 0.3) is 5.91 Å². The van der Waals surface area contributed by atoms with Crippen LogP contribution < -0.4 is 5.32 Å². The lowest BCUT2D eigenvalue weighted by atomic mass is 10.2. The van der Waals surface area contributed by atoms with Crippen molar-refractivity contribution < 1.29 is 18.7 Å². The van der Waals surface area contributed by atoms with Crippen LogP contribution in [0.15, 0.2) is 53.2 Å². The normalized spacial score (nSPS) is 11.0. The predicted molar refractivity (Wildman–Crippen MR) is 113 cm³/mol. The van der Waals surface area contributed by atoms with Crippen LogP contribution in [0.1, 0.15) is 22.6 Å². The molecule has 0 saturated carbocycles. The van der Waals surface area contributed by atoms with E-state index in [-0.39, 0.29) is 6.54 Å². The molecule has 30 heavy (non-hydrogen) atoms. The number of nitrogens with one attached hydrogen (secondary N) is 1. The third-order valence-corrected chi connectivity index (χ3v) is 4.78. The van der Waals surface area contributed by atoms with E-state index >= 15 is 0 Å². The molecule has 0 spiro atoms. The number of carbonyl (C=O) groups is 2. The zero-order chi connectivity index (χ0) is 21.5. The van der Waals surface area contributed by atoms with Gasteiger partial charge in [-0.2, -0.15) is 5.10 Å².